The predicted molar refractivity (Wildman–Crippen MR) is 87.8 cm³/mol. The van der Waals surface area contributed by atoms with E-state index in [9.17, 15) is 9.59 Å². The maximum Gasteiger partial charge on any atom is 0.243 e. The van der Waals surface area contributed by atoms with Crippen molar-refractivity contribution in [1.82, 2.24) is 4.90 Å². The Labute approximate surface area is 136 Å². The minimum Gasteiger partial charge on any atom is -0.490 e. The van der Waals surface area contributed by atoms with Crippen LogP contribution in [-0.4, -0.2) is 43.5 Å². The number of likely N-dealkylation sites (N-methyl/N-ethyl adjacent to an activating group) is 1. The molecule has 1 saturated carbocycles. The molecule has 1 N–H and O–H groups in total. The molecule has 0 aliphatic heterocycles. The third-order valence-corrected chi connectivity index (χ3v) is 3.51. The molecule has 0 heterocycles. The third-order valence-electron chi connectivity index (χ3n) is 3.51. The van der Waals surface area contributed by atoms with E-state index in [4.69, 9.17) is 9.47 Å². The molecule has 0 saturated heterocycles. The summed E-state index contributed by atoms with van der Waals surface area (Å²) in [6.45, 7) is 4.89. The Kier molecular flexibility index (Phi) is 5.84. The van der Waals surface area contributed by atoms with Crippen molar-refractivity contribution in [3.05, 3.63) is 18.2 Å². The first kappa shape index (κ1) is 17.1. The second-order valence-electron chi connectivity index (χ2n) is 5.54. The van der Waals surface area contributed by atoms with Crippen LogP contribution < -0.4 is 14.8 Å². The monoisotopic (exact) mass is 320 g/mol. The molecular weight excluding hydrogens is 296 g/mol. The van der Waals surface area contributed by atoms with Crippen LogP contribution in [0.1, 0.15) is 26.7 Å². The Bertz CT molecular complexity index is 570. The van der Waals surface area contributed by atoms with Crippen LogP contribution >= 0.6 is 0 Å². The zero-order valence-electron chi connectivity index (χ0n) is 13.9. The number of ether oxygens (including phenoxy) is 2. The van der Waals surface area contributed by atoms with Gasteiger partial charge in [0.05, 0.1) is 19.8 Å². The van der Waals surface area contributed by atoms with Gasteiger partial charge in [-0.15, -0.1) is 0 Å². The quantitative estimate of drug-likeness (QED) is 0.798. The number of benzene rings is 1. The molecule has 1 aromatic carbocycles. The van der Waals surface area contributed by atoms with Crippen LogP contribution in [-0.2, 0) is 9.59 Å². The van der Waals surface area contributed by atoms with Crippen molar-refractivity contribution in [3.63, 3.8) is 0 Å². The van der Waals surface area contributed by atoms with Gasteiger partial charge in [0.2, 0.25) is 11.8 Å². The molecule has 6 nitrogen and oxygen atoms in total. The van der Waals surface area contributed by atoms with Crippen LogP contribution in [0.5, 0.6) is 11.5 Å². The van der Waals surface area contributed by atoms with Gasteiger partial charge in [-0.1, -0.05) is 0 Å². The summed E-state index contributed by atoms with van der Waals surface area (Å²) in [6.07, 6.45) is 1.86. The van der Waals surface area contributed by atoms with Crippen LogP contribution in [0.25, 0.3) is 0 Å². The largest absolute Gasteiger partial charge is 0.490 e. The molecule has 0 atom stereocenters. The van der Waals surface area contributed by atoms with Crippen LogP contribution in [0, 0.1) is 5.92 Å². The van der Waals surface area contributed by atoms with E-state index in [2.05, 4.69) is 5.32 Å². The predicted octanol–water partition coefficient (Wildman–Crippen LogP) is 2.29. The zero-order valence-corrected chi connectivity index (χ0v) is 13.9. The first-order valence-corrected chi connectivity index (χ1v) is 7.99. The number of nitrogens with one attached hydrogen (secondary N) is 1. The summed E-state index contributed by atoms with van der Waals surface area (Å²) in [6, 6.07) is 5.26. The summed E-state index contributed by atoms with van der Waals surface area (Å²) in [4.78, 5) is 25.4. The van der Waals surface area contributed by atoms with E-state index in [1.165, 1.54) is 4.90 Å². The first-order chi connectivity index (χ1) is 11.0. The molecular formula is C17H24N2O4. The number of hydrogen-bond donors (Lipinski definition) is 1. The molecule has 126 valence electrons. The summed E-state index contributed by atoms with van der Waals surface area (Å²) in [7, 11) is 1.66. The van der Waals surface area contributed by atoms with Crippen LogP contribution in [0.4, 0.5) is 5.69 Å². The molecule has 1 aliphatic carbocycles. The normalized spacial score (nSPS) is 13.3. The standard InChI is InChI=1S/C17H24N2O4/c1-4-22-14-9-8-13(10-15(14)23-5-2)18-16(20)11-19(3)17(21)12-6-7-12/h8-10,12H,4-7,11H2,1-3H3,(H,18,20). The van der Waals surface area contributed by atoms with Gasteiger partial charge in [-0.3, -0.25) is 9.59 Å². The van der Waals surface area contributed by atoms with Gasteiger partial charge in [-0.05, 0) is 38.8 Å². The summed E-state index contributed by atoms with van der Waals surface area (Å²) < 4.78 is 11.0. The fourth-order valence-corrected chi connectivity index (χ4v) is 2.26. The van der Waals surface area contributed by atoms with Crippen molar-refractivity contribution < 1.29 is 19.1 Å². The molecule has 1 aliphatic rings. The number of anilines is 1. The van der Waals surface area contributed by atoms with E-state index < -0.39 is 0 Å². The van der Waals surface area contributed by atoms with Crippen LogP contribution in [0.15, 0.2) is 18.2 Å². The molecule has 2 amide bonds. The van der Waals surface area contributed by atoms with Gasteiger partial charge in [-0.2, -0.15) is 0 Å². The molecule has 23 heavy (non-hydrogen) atoms. The van der Waals surface area contributed by atoms with E-state index in [-0.39, 0.29) is 24.3 Å². The summed E-state index contributed by atoms with van der Waals surface area (Å²) in [5, 5.41) is 2.79. The van der Waals surface area contributed by atoms with Crippen molar-refractivity contribution in [2.24, 2.45) is 5.92 Å². The van der Waals surface area contributed by atoms with Gasteiger partial charge in [0.15, 0.2) is 11.5 Å². The molecule has 1 aromatic rings. The van der Waals surface area contributed by atoms with Crippen molar-refractivity contribution in [1.29, 1.82) is 0 Å². The number of nitrogens with zero attached hydrogens (tertiary/aromatic N) is 1. The lowest BCUT2D eigenvalue weighted by Crippen LogP contribution is -2.35. The summed E-state index contributed by atoms with van der Waals surface area (Å²) >= 11 is 0. The highest BCUT2D eigenvalue weighted by atomic mass is 16.5. The topological polar surface area (TPSA) is 67.9 Å². The number of amides is 2. The average molecular weight is 320 g/mol. The van der Waals surface area contributed by atoms with E-state index in [0.29, 0.717) is 30.4 Å². The van der Waals surface area contributed by atoms with Crippen molar-refractivity contribution in [2.75, 3.05) is 32.1 Å². The Morgan fingerprint density at radius 1 is 1.17 bits per heavy atom. The lowest BCUT2D eigenvalue weighted by Gasteiger charge is -2.17. The lowest BCUT2D eigenvalue weighted by molar-refractivity contribution is -0.134. The summed E-state index contributed by atoms with van der Waals surface area (Å²) in [5.74, 6) is 1.17. The number of carbonyl (C=O) groups is 2. The molecule has 1 fully saturated rings. The maximum atomic E-state index is 12.1. The molecule has 0 aromatic heterocycles. The zero-order chi connectivity index (χ0) is 16.8. The minimum absolute atomic E-state index is 0.0434. The third kappa shape index (κ3) is 4.87. The highest BCUT2D eigenvalue weighted by molar-refractivity contribution is 5.95. The average Bonchev–Trinajstić information content (AvgIpc) is 3.34. The number of carbonyl (C=O) groups excluding carboxylic acids is 2. The second-order valence-corrected chi connectivity index (χ2v) is 5.54. The van der Waals surface area contributed by atoms with Gasteiger partial charge in [0, 0.05) is 24.7 Å². The number of hydrogen-bond acceptors (Lipinski definition) is 4. The highest BCUT2D eigenvalue weighted by Crippen LogP contribution is 2.31. The van der Waals surface area contributed by atoms with E-state index in [1.54, 1.807) is 25.2 Å². The SMILES string of the molecule is CCOc1ccc(NC(=O)CN(C)C(=O)C2CC2)cc1OCC. The molecule has 0 bridgehead atoms. The molecule has 2 rings (SSSR count). The Balaban J connectivity index is 1.96. The second kappa shape index (κ2) is 7.85. The van der Waals surface area contributed by atoms with Gasteiger partial charge < -0.3 is 19.7 Å². The summed E-state index contributed by atoms with van der Waals surface area (Å²) in [5.41, 5.74) is 0.620. The van der Waals surface area contributed by atoms with Crippen molar-refractivity contribution in [3.8, 4) is 11.5 Å². The smallest absolute Gasteiger partial charge is 0.243 e. The Morgan fingerprint density at radius 3 is 2.43 bits per heavy atom. The van der Waals surface area contributed by atoms with Gasteiger partial charge in [-0.25, -0.2) is 0 Å². The number of rotatable bonds is 8. The molecule has 6 heteroatoms. The fraction of sp³-hybridized carbons (Fsp3) is 0.529. The Hall–Kier alpha value is -2.24. The minimum atomic E-state index is -0.229. The van der Waals surface area contributed by atoms with Gasteiger partial charge in [0.1, 0.15) is 0 Å². The highest BCUT2D eigenvalue weighted by Gasteiger charge is 2.32. The molecule has 0 spiro atoms. The molecule has 0 unspecified atom stereocenters. The fourth-order valence-electron chi connectivity index (χ4n) is 2.26. The van der Waals surface area contributed by atoms with Crippen molar-refractivity contribution >= 4 is 17.5 Å². The molecule has 0 radical (unpaired) electrons. The van der Waals surface area contributed by atoms with E-state index in [0.717, 1.165) is 12.8 Å². The lowest BCUT2D eigenvalue weighted by atomic mass is 10.2. The van der Waals surface area contributed by atoms with Crippen LogP contribution in [0.2, 0.25) is 0 Å². The van der Waals surface area contributed by atoms with Gasteiger partial charge in [0.25, 0.3) is 0 Å². The van der Waals surface area contributed by atoms with Crippen LogP contribution in [0.3, 0.4) is 0 Å². The van der Waals surface area contributed by atoms with Gasteiger partial charge >= 0.3 is 0 Å². The Morgan fingerprint density at radius 2 is 1.83 bits per heavy atom. The van der Waals surface area contributed by atoms with E-state index in [1.807, 2.05) is 13.8 Å². The van der Waals surface area contributed by atoms with E-state index >= 15 is 0 Å². The maximum absolute atomic E-state index is 12.1. The first-order valence-electron chi connectivity index (χ1n) is 7.99. The van der Waals surface area contributed by atoms with Crippen molar-refractivity contribution in [2.45, 2.75) is 26.7 Å².